The Morgan fingerprint density at radius 2 is 1.80 bits per heavy atom. The van der Waals surface area contributed by atoms with Crippen molar-refractivity contribution in [3.63, 3.8) is 0 Å². The molecule has 2 nitrogen and oxygen atoms in total. The van der Waals surface area contributed by atoms with Gasteiger partial charge in [0.1, 0.15) is 5.82 Å². The first-order valence-corrected chi connectivity index (χ1v) is 5.95. The number of halogens is 3. The van der Waals surface area contributed by atoms with E-state index < -0.39 is 23.4 Å². The van der Waals surface area contributed by atoms with Gasteiger partial charge in [0.25, 0.3) is 0 Å². The highest BCUT2D eigenvalue weighted by molar-refractivity contribution is 5.91. The van der Waals surface area contributed by atoms with E-state index in [1.807, 2.05) is 0 Å². The maximum absolute atomic E-state index is 13.8. The van der Waals surface area contributed by atoms with Gasteiger partial charge in [0.05, 0.1) is 12.2 Å². The second kappa shape index (κ2) is 5.77. The Balaban J connectivity index is 2.53. The average Bonchev–Trinajstić information content (AvgIpc) is 2.43. The van der Waals surface area contributed by atoms with E-state index in [1.165, 1.54) is 18.2 Å². The van der Waals surface area contributed by atoms with Crippen molar-refractivity contribution < 1.29 is 22.7 Å². The molecule has 0 aromatic heterocycles. The highest BCUT2D eigenvalue weighted by Crippen LogP contribution is 2.28. The minimum Gasteiger partial charge on any atom is -0.462 e. The Morgan fingerprint density at radius 1 is 1.05 bits per heavy atom. The molecule has 0 unspecified atom stereocenters. The molecule has 0 aliphatic heterocycles. The molecule has 0 N–H and O–H groups in total. The van der Waals surface area contributed by atoms with E-state index in [4.69, 9.17) is 4.74 Å². The van der Waals surface area contributed by atoms with Gasteiger partial charge in [0.15, 0.2) is 11.6 Å². The lowest BCUT2D eigenvalue weighted by Crippen LogP contribution is -2.05. The zero-order valence-corrected chi connectivity index (χ0v) is 10.6. The largest absolute Gasteiger partial charge is 0.462 e. The molecule has 2 aromatic carbocycles. The van der Waals surface area contributed by atoms with E-state index in [-0.39, 0.29) is 23.3 Å². The molecule has 0 heterocycles. The molecular weight excluding hydrogens is 269 g/mol. The lowest BCUT2D eigenvalue weighted by Gasteiger charge is -2.08. The molecule has 0 bridgehead atoms. The summed E-state index contributed by atoms with van der Waals surface area (Å²) in [4.78, 5) is 11.6. The number of hydrogen-bond acceptors (Lipinski definition) is 2. The Bertz CT molecular complexity index is 654. The summed E-state index contributed by atoms with van der Waals surface area (Å²) in [7, 11) is 0. The number of hydrogen-bond donors (Lipinski definition) is 0. The molecule has 0 atom stereocenters. The van der Waals surface area contributed by atoms with Gasteiger partial charge in [-0.25, -0.2) is 18.0 Å². The van der Waals surface area contributed by atoms with Crippen LogP contribution in [0.15, 0.2) is 36.4 Å². The fourth-order valence-electron chi connectivity index (χ4n) is 1.78. The van der Waals surface area contributed by atoms with Crippen LogP contribution in [0.2, 0.25) is 0 Å². The maximum atomic E-state index is 13.8. The van der Waals surface area contributed by atoms with Gasteiger partial charge >= 0.3 is 5.97 Å². The van der Waals surface area contributed by atoms with Crippen LogP contribution >= 0.6 is 0 Å². The SMILES string of the molecule is CCOC(=O)c1ccc(F)c(-c2cccc(F)c2F)c1. The number of benzene rings is 2. The summed E-state index contributed by atoms with van der Waals surface area (Å²) < 4.78 is 45.4. The fraction of sp³-hybridized carbons (Fsp3) is 0.133. The first kappa shape index (κ1) is 14.1. The number of esters is 1. The van der Waals surface area contributed by atoms with Gasteiger partial charge in [-0.3, -0.25) is 0 Å². The summed E-state index contributed by atoms with van der Waals surface area (Å²) >= 11 is 0. The van der Waals surface area contributed by atoms with E-state index in [2.05, 4.69) is 0 Å². The van der Waals surface area contributed by atoms with Crippen LogP contribution in [0.4, 0.5) is 13.2 Å². The molecule has 0 saturated carbocycles. The highest BCUT2D eigenvalue weighted by Gasteiger charge is 2.16. The molecule has 0 aliphatic rings. The molecule has 0 spiro atoms. The number of carbonyl (C=O) groups excluding carboxylic acids is 1. The van der Waals surface area contributed by atoms with E-state index in [9.17, 15) is 18.0 Å². The molecule has 0 amide bonds. The molecular formula is C15H11F3O2. The van der Waals surface area contributed by atoms with Crippen LogP contribution < -0.4 is 0 Å². The Hall–Kier alpha value is -2.30. The van der Waals surface area contributed by atoms with E-state index >= 15 is 0 Å². The molecule has 104 valence electrons. The molecule has 20 heavy (non-hydrogen) atoms. The Kier molecular flexibility index (Phi) is 4.08. The van der Waals surface area contributed by atoms with Crippen molar-refractivity contribution >= 4 is 5.97 Å². The summed E-state index contributed by atoms with van der Waals surface area (Å²) in [5.41, 5.74) is -0.354. The van der Waals surface area contributed by atoms with Crippen LogP contribution in [-0.2, 0) is 4.74 Å². The third-order valence-electron chi connectivity index (χ3n) is 2.72. The van der Waals surface area contributed by atoms with Gasteiger partial charge in [-0.2, -0.15) is 0 Å². The highest BCUT2D eigenvalue weighted by atomic mass is 19.2. The summed E-state index contributed by atoms with van der Waals surface area (Å²) in [5, 5.41) is 0. The minimum absolute atomic E-state index is 0.0758. The van der Waals surface area contributed by atoms with Gasteiger partial charge < -0.3 is 4.74 Å². The van der Waals surface area contributed by atoms with Crippen molar-refractivity contribution in [3.8, 4) is 11.1 Å². The zero-order valence-electron chi connectivity index (χ0n) is 10.6. The lowest BCUT2D eigenvalue weighted by atomic mass is 10.0. The van der Waals surface area contributed by atoms with Crippen molar-refractivity contribution in [2.45, 2.75) is 6.92 Å². The number of ether oxygens (including phenoxy) is 1. The summed E-state index contributed by atoms with van der Waals surface area (Å²) in [6.45, 7) is 1.80. The van der Waals surface area contributed by atoms with Crippen LogP contribution in [0.3, 0.4) is 0 Å². The monoisotopic (exact) mass is 280 g/mol. The summed E-state index contributed by atoms with van der Waals surface area (Å²) in [5.74, 6) is -3.64. The third kappa shape index (κ3) is 2.66. The van der Waals surface area contributed by atoms with E-state index in [0.29, 0.717) is 0 Å². The third-order valence-corrected chi connectivity index (χ3v) is 2.72. The average molecular weight is 280 g/mol. The van der Waals surface area contributed by atoms with Gasteiger partial charge in [0.2, 0.25) is 0 Å². The maximum Gasteiger partial charge on any atom is 0.338 e. The van der Waals surface area contributed by atoms with Crippen molar-refractivity contribution in [1.29, 1.82) is 0 Å². The first-order valence-electron chi connectivity index (χ1n) is 5.95. The van der Waals surface area contributed by atoms with Crippen LogP contribution in [0.25, 0.3) is 11.1 Å². The molecule has 2 aromatic rings. The van der Waals surface area contributed by atoms with Crippen LogP contribution in [0, 0.1) is 17.5 Å². The van der Waals surface area contributed by atoms with Gasteiger partial charge in [-0.1, -0.05) is 12.1 Å². The zero-order chi connectivity index (χ0) is 14.7. The van der Waals surface area contributed by atoms with Crippen molar-refractivity contribution in [2.24, 2.45) is 0 Å². The smallest absolute Gasteiger partial charge is 0.338 e. The van der Waals surface area contributed by atoms with Crippen molar-refractivity contribution in [3.05, 3.63) is 59.4 Å². The minimum atomic E-state index is -1.16. The van der Waals surface area contributed by atoms with Crippen molar-refractivity contribution in [2.75, 3.05) is 6.61 Å². The molecule has 2 rings (SSSR count). The number of rotatable bonds is 3. The molecule has 0 radical (unpaired) electrons. The first-order chi connectivity index (χ1) is 9.54. The van der Waals surface area contributed by atoms with Gasteiger partial charge in [0, 0.05) is 11.1 Å². The van der Waals surface area contributed by atoms with Crippen molar-refractivity contribution in [1.82, 2.24) is 0 Å². The number of carbonyl (C=O) groups is 1. The second-order valence-corrected chi connectivity index (χ2v) is 4.02. The Labute approximate surface area is 113 Å². The van der Waals surface area contributed by atoms with E-state index in [0.717, 1.165) is 18.2 Å². The standard InChI is InChI=1S/C15H11F3O2/c1-2-20-15(19)9-6-7-12(16)11(8-9)10-4-3-5-13(17)14(10)18/h3-8H,2H2,1H3. The summed E-state index contributed by atoms with van der Waals surface area (Å²) in [6, 6.07) is 6.84. The molecule has 5 heteroatoms. The molecule has 0 aliphatic carbocycles. The topological polar surface area (TPSA) is 26.3 Å². The van der Waals surface area contributed by atoms with Gasteiger partial charge in [-0.05, 0) is 31.2 Å². The quantitative estimate of drug-likeness (QED) is 0.796. The molecule has 0 saturated heterocycles. The molecule has 0 fully saturated rings. The van der Waals surface area contributed by atoms with Crippen LogP contribution in [-0.4, -0.2) is 12.6 Å². The fourth-order valence-corrected chi connectivity index (χ4v) is 1.78. The Morgan fingerprint density at radius 3 is 2.50 bits per heavy atom. The van der Waals surface area contributed by atoms with Crippen LogP contribution in [0.1, 0.15) is 17.3 Å². The predicted octanol–water partition coefficient (Wildman–Crippen LogP) is 3.95. The predicted molar refractivity (Wildman–Crippen MR) is 67.7 cm³/mol. The van der Waals surface area contributed by atoms with Crippen LogP contribution in [0.5, 0.6) is 0 Å². The van der Waals surface area contributed by atoms with E-state index in [1.54, 1.807) is 6.92 Å². The van der Waals surface area contributed by atoms with Gasteiger partial charge in [-0.15, -0.1) is 0 Å². The second-order valence-electron chi connectivity index (χ2n) is 4.02. The lowest BCUT2D eigenvalue weighted by molar-refractivity contribution is 0.0526. The summed E-state index contributed by atoms with van der Waals surface area (Å²) in [6.07, 6.45) is 0. The normalized spacial score (nSPS) is 10.4.